The van der Waals surface area contributed by atoms with Crippen molar-refractivity contribution in [1.82, 2.24) is 4.90 Å². The predicted molar refractivity (Wildman–Crippen MR) is 78.0 cm³/mol. The Balaban J connectivity index is 2.31. The number of carbonyl (C=O) groups is 2. The lowest BCUT2D eigenvalue weighted by Gasteiger charge is -2.28. The molecule has 21 heavy (non-hydrogen) atoms. The molecule has 1 fully saturated rings. The van der Waals surface area contributed by atoms with Gasteiger partial charge in [0.15, 0.2) is 0 Å². The maximum absolute atomic E-state index is 13.8. The van der Waals surface area contributed by atoms with E-state index in [0.29, 0.717) is 5.56 Å². The molecule has 0 heterocycles. The van der Waals surface area contributed by atoms with Crippen molar-refractivity contribution in [2.45, 2.75) is 38.6 Å². The quantitative estimate of drug-likeness (QED) is 0.826. The molecule has 2 rings (SSSR count). The molecule has 2 amide bonds. The lowest BCUT2D eigenvalue weighted by atomic mass is 10.1. The molecule has 1 aromatic rings. The smallest absolute Gasteiger partial charge is 0.254 e. The molecule has 0 aliphatic heterocycles. The van der Waals surface area contributed by atoms with Crippen LogP contribution in [0.15, 0.2) is 12.1 Å². The van der Waals surface area contributed by atoms with Gasteiger partial charge < -0.3 is 16.4 Å². The molecule has 0 spiro atoms. The van der Waals surface area contributed by atoms with Crippen LogP contribution in [0.1, 0.15) is 41.6 Å². The zero-order valence-electron chi connectivity index (χ0n) is 12.1. The normalized spacial score (nSPS) is 15.1. The van der Waals surface area contributed by atoms with E-state index in [2.05, 4.69) is 0 Å². The second-order valence-electron chi connectivity index (χ2n) is 5.51. The van der Waals surface area contributed by atoms with Crippen LogP contribution in [0, 0.1) is 12.7 Å². The van der Waals surface area contributed by atoms with Crippen molar-refractivity contribution >= 4 is 17.5 Å². The number of benzene rings is 1. The number of rotatable bonds is 4. The molecule has 0 bridgehead atoms. The lowest BCUT2D eigenvalue weighted by molar-refractivity contribution is -0.119. The highest BCUT2D eigenvalue weighted by Crippen LogP contribution is 2.26. The van der Waals surface area contributed by atoms with Gasteiger partial charge in [0.05, 0.1) is 6.54 Å². The summed E-state index contributed by atoms with van der Waals surface area (Å²) in [5, 5.41) is 0. The molecule has 1 aliphatic carbocycles. The number of primary amides is 1. The second-order valence-corrected chi connectivity index (χ2v) is 5.51. The van der Waals surface area contributed by atoms with Crippen LogP contribution in [-0.2, 0) is 4.79 Å². The number of anilines is 1. The zero-order valence-corrected chi connectivity index (χ0v) is 12.1. The summed E-state index contributed by atoms with van der Waals surface area (Å²) in [6.07, 6.45) is 3.70. The van der Waals surface area contributed by atoms with E-state index in [-0.39, 0.29) is 23.8 Å². The van der Waals surface area contributed by atoms with Gasteiger partial charge in [-0.3, -0.25) is 9.59 Å². The Morgan fingerprint density at radius 2 is 1.95 bits per heavy atom. The van der Waals surface area contributed by atoms with E-state index in [0.717, 1.165) is 31.7 Å². The average molecular weight is 293 g/mol. The predicted octanol–water partition coefficient (Wildman–Crippen LogP) is 1.59. The molecule has 0 unspecified atom stereocenters. The highest BCUT2D eigenvalue weighted by Gasteiger charge is 2.29. The molecular weight excluding hydrogens is 273 g/mol. The van der Waals surface area contributed by atoms with Gasteiger partial charge in [-0.25, -0.2) is 4.39 Å². The molecule has 0 radical (unpaired) electrons. The molecular formula is C15H20FN3O2. The van der Waals surface area contributed by atoms with Gasteiger partial charge in [-0.2, -0.15) is 0 Å². The van der Waals surface area contributed by atoms with Crippen LogP contribution in [0.25, 0.3) is 0 Å². The molecule has 0 aromatic heterocycles. The monoisotopic (exact) mass is 293 g/mol. The first-order valence-electron chi connectivity index (χ1n) is 7.05. The van der Waals surface area contributed by atoms with Crippen LogP contribution in [0.2, 0.25) is 0 Å². The fourth-order valence-corrected chi connectivity index (χ4v) is 2.74. The maximum atomic E-state index is 13.8. The molecule has 6 heteroatoms. The lowest BCUT2D eigenvalue weighted by Crippen LogP contribution is -2.44. The van der Waals surface area contributed by atoms with Crippen LogP contribution in [0.3, 0.4) is 0 Å². The summed E-state index contributed by atoms with van der Waals surface area (Å²) < 4.78 is 13.8. The largest absolute Gasteiger partial charge is 0.398 e. The fraction of sp³-hybridized carbons (Fsp3) is 0.467. The first kappa shape index (κ1) is 15.3. The molecule has 114 valence electrons. The summed E-state index contributed by atoms with van der Waals surface area (Å²) in [6.45, 7) is 1.40. The van der Waals surface area contributed by atoms with Crippen LogP contribution in [-0.4, -0.2) is 29.3 Å². The Morgan fingerprint density at radius 3 is 2.48 bits per heavy atom. The van der Waals surface area contributed by atoms with Gasteiger partial charge in [0.25, 0.3) is 5.91 Å². The molecule has 1 aromatic carbocycles. The van der Waals surface area contributed by atoms with E-state index >= 15 is 0 Å². The van der Waals surface area contributed by atoms with Gasteiger partial charge in [0.2, 0.25) is 5.91 Å². The summed E-state index contributed by atoms with van der Waals surface area (Å²) >= 11 is 0. The third-order valence-electron chi connectivity index (χ3n) is 3.98. The zero-order chi connectivity index (χ0) is 15.6. The topological polar surface area (TPSA) is 89.4 Å². The Labute approximate surface area is 123 Å². The Bertz CT molecular complexity index is 545. The first-order chi connectivity index (χ1) is 9.90. The number of carbonyl (C=O) groups excluding carboxylic acids is 2. The van der Waals surface area contributed by atoms with Gasteiger partial charge in [-0.05, 0) is 31.9 Å². The van der Waals surface area contributed by atoms with E-state index in [1.54, 1.807) is 6.92 Å². The molecule has 4 N–H and O–H groups in total. The van der Waals surface area contributed by atoms with Gasteiger partial charge in [-0.1, -0.05) is 12.8 Å². The van der Waals surface area contributed by atoms with E-state index < -0.39 is 17.6 Å². The summed E-state index contributed by atoms with van der Waals surface area (Å²) in [4.78, 5) is 25.2. The summed E-state index contributed by atoms with van der Waals surface area (Å²) in [5.74, 6) is -1.49. The maximum Gasteiger partial charge on any atom is 0.254 e. The standard InChI is InChI=1S/C15H20FN3O2/c1-9-12(16)6-10(7-13(9)17)15(21)19(8-14(18)20)11-4-2-3-5-11/h6-7,11H,2-5,8,17H2,1H3,(H2,18,20). The molecule has 0 atom stereocenters. The van der Waals surface area contributed by atoms with Crippen molar-refractivity contribution in [1.29, 1.82) is 0 Å². The second kappa shape index (κ2) is 6.11. The first-order valence-corrected chi connectivity index (χ1v) is 7.05. The minimum Gasteiger partial charge on any atom is -0.398 e. The van der Waals surface area contributed by atoms with E-state index in [9.17, 15) is 14.0 Å². The van der Waals surface area contributed by atoms with Crippen molar-refractivity contribution in [2.75, 3.05) is 12.3 Å². The summed E-state index contributed by atoms with van der Waals surface area (Å²) in [5.41, 5.74) is 11.6. The van der Waals surface area contributed by atoms with E-state index in [1.807, 2.05) is 0 Å². The average Bonchev–Trinajstić information content (AvgIpc) is 2.94. The Hall–Kier alpha value is -2.11. The van der Waals surface area contributed by atoms with Gasteiger partial charge in [-0.15, -0.1) is 0 Å². The van der Waals surface area contributed by atoms with E-state index in [1.165, 1.54) is 11.0 Å². The minimum absolute atomic E-state index is 0.0180. The number of halogens is 1. The van der Waals surface area contributed by atoms with Crippen molar-refractivity contribution in [3.05, 3.63) is 29.1 Å². The molecule has 0 saturated heterocycles. The van der Waals surface area contributed by atoms with Gasteiger partial charge >= 0.3 is 0 Å². The van der Waals surface area contributed by atoms with Crippen LogP contribution < -0.4 is 11.5 Å². The van der Waals surface area contributed by atoms with Crippen LogP contribution in [0.4, 0.5) is 10.1 Å². The van der Waals surface area contributed by atoms with Crippen molar-refractivity contribution in [3.8, 4) is 0 Å². The van der Waals surface area contributed by atoms with Crippen molar-refractivity contribution in [2.24, 2.45) is 5.73 Å². The van der Waals surface area contributed by atoms with Crippen molar-refractivity contribution in [3.63, 3.8) is 0 Å². The number of nitrogens with zero attached hydrogens (tertiary/aromatic N) is 1. The third kappa shape index (κ3) is 3.32. The van der Waals surface area contributed by atoms with E-state index in [4.69, 9.17) is 11.5 Å². The van der Waals surface area contributed by atoms with Crippen molar-refractivity contribution < 1.29 is 14.0 Å². The number of nitrogens with two attached hydrogens (primary N) is 2. The highest BCUT2D eigenvalue weighted by atomic mass is 19.1. The number of hydrogen-bond donors (Lipinski definition) is 2. The van der Waals surface area contributed by atoms with Crippen LogP contribution >= 0.6 is 0 Å². The van der Waals surface area contributed by atoms with Crippen LogP contribution in [0.5, 0.6) is 0 Å². The molecule has 5 nitrogen and oxygen atoms in total. The molecule has 1 saturated carbocycles. The summed E-state index contributed by atoms with van der Waals surface area (Å²) in [7, 11) is 0. The SMILES string of the molecule is Cc1c(N)cc(C(=O)N(CC(N)=O)C2CCCC2)cc1F. The highest BCUT2D eigenvalue weighted by molar-refractivity contribution is 5.97. The molecule has 1 aliphatic rings. The van der Waals surface area contributed by atoms with Gasteiger partial charge in [0, 0.05) is 22.9 Å². The number of nitrogen functional groups attached to an aromatic ring is 1. The Kier molecular flexibility index (Phi) is 4.45. The Morgan fingerprint density at radius 1 is 1.33 bits per heavy atom. The number of hydrogen-bond acceptors (Lipinski definition) is 3. The number of amides is 2. The minimum atomic E-state index is -0.573. The van der Waals surface area contributed by atoms with Gasteiger partial charge in [0.1, 0.15) is 5.82 Å². The fourth-order valence-electron chi connectivity index (χ4n) is 2.74. The summed E-state index contributed by atoms with van der Waals surface area (Å²) in [6, 6.07) is 2.59. The third-order valence-corrected chi connectivity index (χ3v) is 3.98.